The van der Waals surface area contributed by atoms with Crippen LogP contribution < -0.4 is 10.2 Å². The number of fused-ring (bicyclic) bond motifs is 2. The molecule has 0 saturated heterocycles. The number of carbonyl (C=O) groups is 1. The molecule has 23 heavy (non-hydrogen) atoms. The Bertz CT molecular complexity index is 993. The van der Waals surface area contributed by atoms with Crippen LogP contribution in [0.5, 0.6) is 5.75 Å². The van der Waals surface area contributed by atoms with Crippen molar-refractivity contribution in [2.75, 3.05) is 0 Å². The minimum atomic E-state index is -0.382. The number of ether oxygens (including phenoxy) is 1. The Hall–Kier alpha value is 0.300. The first-order valence-corrected chi connectivity index (χ1v) is 10.5. The van der Waals surface area contributed by atoms with Gasteiger partial charge >= 0.3 is 5.97 Å². The third-order valence-corrected chi connectivity index (χ3v) is 6.64. The average molecular weight is 758 g/mol. The van der Waals surface area contributed by atoms with Crippen LogP contribution in [0, 0.1) is 14.3 Å². The summed E-state index contributed by atoms with van der Waals surface area (Å²) in [6.45, 7) is 1.36. The van der Waals surface area contributed by atoms with Gasteiger partial charge in [-0.3, -0.25) is 9.59 Å². The number of carbonyl (C=O) groups excluding carboxylic acids is 1. The fourth-order valence-corrected chi connectivity index (χ4v) is 6.02. The Morgan fingerprint density at radius 1 is 1.04 bits per heavy atom. The molecule has 3 rings (SSSR count). The molecular weight excluding hydrogens is 752 g/mol. The first-order valence-electron chi connectivity index (χ1n) is 6.21. The largest absolute Gasteiger partial charge is 0.454 e. The van der Waals surface area contributed by atoms with E-state index in [1.807, 2.05) is 63.4 Å². The topological polar surface area (TPSA) is 56.5 Å². The first-order chi connectivity index (χ1) is 10.8. The van der Waals surface area contributed by atoms with Gasteiger partial charge in [-0.15, -0.1) is 0 Å². The standard InChI is InChI=1S/C15H6I4O4/c1-5(20)22-15-9(17)4-7-2-6-3-8(16)12(21)10(18)13(6)23-14(7)11(15)19/h2-4H,1H3. The lowest BCUT2D eigenvalue weighted by molar-refractivity contribution is -0.131. The van der Waals surface area contributed by atoms with Gasteiger partial charge in [-0.2, -0.15) is 0 Å². The third-order valence-electron chi connectivity index (χ3n) is 3.08. The monoisotopic (exact) mass is 758 g/mol. The first kappa shape index (κ1) is 18.1. The summed E-state index contributed by atoms with van der Waals surface area (Å²) in [6, 6.07) is 5.72. The van der Waals surface area contributed by atoms with E-state index in [1.165, 1.54) is 6.92 Å². The molecule has 0 saturated carbocycles. The average Bonchev–Trinajstić information content (AvgIpc) is 2.48. The van der Waals surface area contributed by atoms with Gasteiger partial charge in [-0.1, -0.05) is 0 Å². The number of hydrogen-bond acceptors (Lipinski definition) is 4. The molecule has 4 nitrogen and oxygen atoms in total. The van der Waals surface area contributed by atoms with Crippen molar-refractivity contribution in [3.63, 3.8) is 0 Å². The number of esters is 1. The second-order valence-corrected chi connectivity index (χ2v) is 9.16. The lowest BCUT2D eigenvalue weighted by Crippen LogP contribution is -2.11. The van der Waals surface area contributed by atoms with Crippen LogP contribution in [0.15, 0.2) is 27.4 Å². The van der Waals surface area contributed by atoms with Crippen molar-refractivity contribution in [2.24, 2.45) is 0 Å². The lowest BCUT2D eigenvalue weighted by Gasteiger charge is -2.13. The van der Waals surface area contributed by atoms with E-state index in [9.17, 15) is 9.59 Å². The molecular formula is C15H6I4O4. The van der Waals surface area contributed by atoms with Gasteiger partial charge in [0.2, 0.25) is 5.43 Å². The molecule has 0 fully saturated rings. The van der Waals surface area contributed by atoms with E-state index in [2.05, 4.69) is 45.2 Å². The van der Waals surface area contributed by atoms with Gasteiger partial charge in [0, 0.05) is 17.9 Å². The number of rotatable bonds is 1. The number of halogens is 4. The van der Waals surface area contributed by atoms with Crippen molar-refractivity contribution in [3.8, 4) is 17.1 Å². The predicted molar refractivity (Wildman–Crippen MR) is 121 cm³/mol. The quantitative estimate of drug-likeness (QED) is 0.148. The number of benzene rings is 2. The summed E-state index contributed by atoms with van der Waals surface area (Å²) in [5, 5.41) is 0.896. The van der Waals surface area contributed by atoms with Gasteiger partial charge in [0.15, 0.2) is 17.1 Å². The molecule has 0 aromatic heterocycles. The van der Waals surface area contributed by atoms with E-state index < -0.39 is 0 Å². The highest BCUT2D eigenvalue weighted by Crippen LogP contribution is 2.39. The van der Waals surface area contributed by atoms with Crippen LogP contribution in [-0.2, 0) is 4.79 Å². The summed E-state index contributed by atoms with van der Waals surface area (Å²) in [7, 11) is 0. The summed E-state index contributed by atoms with van der Waals surface area (Å²) in [5.74, 6) is 0.653. The van der Waals surface area contributed by atoms with E-state index >= 15 is 0 Å². The maximum Gasteiger partial charge on any atom is 0.308 e. The molecule has 0 amide bonds. The second kappa shape index (κ2) is 6.90. The fourth-order valence-electron chi connectivity index (χ4n) is 2.13. The maximum atomic E-state index is 12.1. The second-order valence-electron chi connectivity index (χ2n) is 4.68. The van der Waals surface area contributed by atoms with E-state index in [0.29, 0.717) is 27.8 Å². The molecule has 0 unspecified atom stereocenters. The van der Waals surface area contributed by atoms with Crippen LogP contribution in [0.3, 0.4) is 0 Å². The smallest absolute Gasteiger partial charge is 0.308 e. The molecule has 0 atom stereocenters. The molecule has 1 heterocycles. The Morgan fingerprint density at radius 2 is 1.74 bits per heavy atom. The van der Waals surface area contributed by atoms with Crippen molar-refractivity contribution in [1.82, 2.24) is 0 Å². The molecule has 1 aliphatic carbocycles. The zero-order valence-electron chi connectivity index (χ0n) is 11.4. The van der Waals surface area contributed by atoms with E-state index in [-0.39, 0.29) is 11.4 Å². The summed E-state index contributed by atoms with van der Waals surface area (Å²) in [4.78, 5) is 23.4. The SMILES string of the molecule is CC(=O)Oc1c(I)cc2cc3cc(I)c(=O)c(I)c-3oc2c1I. The van der Waals surface area contributed by atoms with Gasteiger partial charge in [-0.05, 0) is 109 Å². The number of hydrogen-bond donors (Lipinski definition) is 0. The van der Waals surface area contributed by atoms with Crippen LogP contribution in [0.2, 0.25) is 0 Å². The third kappa shape index (κ3) is 3.36. The van der Waals surface area contributed by atoms with Crippen LogP contribution >= 0.6 is 90.4 Å². The summed E-state index contributed by atoms with van der Waals surface area (Å²) >= 11 is 8.27. The molecule has 118 valence electrons. The van der Waals surface area contributed by atoms with Crippen molar-refractivity contribution < 1.29 is 13.9 Å². The van der Waals surface area contributed by atoms with E-state index in [4.69, 9.17) is 9.15 Å². The zero-order valence-corrected chi connectivity index (χ0v) is 20.0. The molecule has 0 bridgehead atoms. The van der Waals surface area contributed by atoms with Crippen LogP contribution in [0.25, 0.3) is 22.3 Å². The minimum absolute atomic E-state index is 0.0393. The summed E-state index contributed by atoms with van der Waals surface area (Å²) in [6.07, 6.45) is 0. The van der Waals surface area contributed by atoms with Crippen molar-refractivity contribution in [3.05, 3.63) is 42.7 Å². The van der Waals surface area contributed by atoms with Gasteiger partial charge in [0.1, 0.15) is 7.14 Å². The molecule has 1 aromatic rings. The molecule has 2 aliphatic rings. The predicted octanol–water partition coefficient (Wildman–Crippen LogP) is 5.24. The fraction of sp³-hybridized carbons (Fsp3) is 0.0667. The van der Waals surface area contributed by atoms with Crippen LogP contribution in [-0.4, -0.2) is 5.97 Å². The Morgan fingerprint density at radius 3 is 2.39 bits per heavy atom. The van der Waals surface area contributed by atoms with Gasteiger partial charge in [-0.25, -0.2) is 0 Å². The Labute approximate surface area is 185 Å². The molecule has 8 heteroatoms. The molecule has 0 spiro atoms. The van der Waals surface area contributed by atoms with Crippen molar-refractivity contribution in [1.29, 1.82) is 0 Å². The molecule has 0 N–H and O–H groups in total. The molecule has 1 aliphatic heterocycles. The van der Waals surface area contributed by atoms with E-state index in [1.54, 1.807) is 0 Å². The highest BCUT2D eigenvalue weighted by Gasteiger charge is 2.20. The highest BCUT2D eigenvalue weighted by molar-refractivity contribution is 14.1. The molecule has 0 radical (unpaired) electrons. The van der Waals surface area contributed by atoms with Crippen LogP contribution in [0.4, 0.5) is 0 Å². The van der Waals surface area contributed by atoms with Crippen LogP contribution in [0.1, 0.15) is 6.92 Å². The van der Waals surface area contributed by atoms with Gasteiger partial charge in [0.05, 0.1) is 7.14 Å². The van der Waals surface area contributed by atoms with E-state index in [0.717, 1.165) is 14.5 Å². The van der Waals surface area contributed by atoms with Gasteiger partial charge in [0.25, 0.3) is 0 Å². The van der Waals surface area contributed by atoms with Crippen molar-refractivity contribution >= 4 is 107 Å². The summed E-state index contributed by atoms with van der Waals surface area (Å²) in [5.41, 5.74) is 1.44. The maximum absolute atomic E-state index is 12.1. The summed E-state index contributed by atoms with van der Waals surface area (Å²) < 4.78 is 14.1. The zero-order chi connectivity index (χ0) is 16.9. The lowest BCUT2D eigenvalue weighted by atomic mass is 10.1. The van der Waals surface area contributed by atoms with Gasteiger partial charge < -0.3 is 9.15 Å². The highest BCUT2D eigenvalue weighted by atomic mass is 127. The molecule has 1 aromatic carbocycles. The Kier molecular flexibility index (Phi) is 5.43. The minimum Gasteiger partial charge on any atom is -0.454 e. The van der Waals surface area contributed by atoms with Crippen molar-refractivity contribution in [2.45, 2.75) is 6.92 Å². The Balaban J connectivity index is 2.42. The normalized spacial score (nSPS) is 11.2.